The monoisotopic (exact) mass is 274 g/mol. The van der Waals surface area contributed by atoms with E-state index in [0.29, 0.717) is 5.92 Å². The molecule has 0 bridgehead atoms. The zero-order chi connectivity index (χ0) is 15.2. The lowest BCUT2D eigenvalue weighted by Gasteiger charge is -2.28. The molecule has 2 unspecified atom stereocenters. The molecule has 0 radical (unpaired) electrons. The number of aliphatic hydroxyl groups excluding tert-OH is 1. The molecule has 3 N–H and O–H groups in total. The van der Waals surface area contributed by atoms with Crippen molar-refractivity contribution in [2.75, 3.05) is 13.1 Å². The predicted octanol–water partition coefficient (Wildman–Crippen LogP) is 0.303. The second-order valence-electron chi connectivity index (χ2n) is 5.54. The molecule has 0 fully saturated rings. The minimum Gasteiger partial charge on any atom is -0.480 e. The summed E-state index contributed by atoms with van der Waals surface area (Å²) in [6.07, 6.45) is -1.13. The first-order valence-corrected chi connectivity index (χ1v) is 6.59. The molecule has 0 aliphatic rings. The van der Waals surface area contributed by atoms with Gasteiger partial charge in [0, 0.05) is 12.6 Å². The molecule has 0 heterocycles. The van der Waals surface area contributed by atoms with Crippen molar-refractivity contribution in [2.24, 2.45) is 5.92 Å². The van der Waals surface area contributed by atoms with Crippen LogP contribution in [0.4, 0.5) is 0 Å². The smallest absolute Gasteiger partial charge is 0.328 e. The molecule has 6 heteroatoms. The second kappa shape index (κ2) is 8.12. The first-order chi connectivity index (χ1) is 8.65. The van der Waals surface area contributed by atoms with Crippen LogP contribution in [0.5, 0.6) is 0 Å². The number of carboxylic acids is 1. The van der Waals surface area contributed by atoms with Crippen molar-refractivity contribution >= 4 is 11.9 Å². The van der Waals surface area contributed by atoms with E-state index in [2.05, 4.69) is 19.2 Å². The van der Waals surface area contributed by atoms with Crippen LogP contribution < -0.4 is 5.32 Å². The summed E-state index contributed by atoms with van der Waals surface area (Å²) in [5.41, 5.74) is 0. The van der Waals surface area contributed by atoms with Crippen LogP contribution >= 0.6 is 0 Å². The Labute approximate surface area is 114 Å². The van der Waals surface area contributed by atoms with Gasteiger partial charge >= 0.3 is 5.97 Å². The SMILES string of the molecule is CC(C)CN(CC(=O)NC(C(=O)O)C(C)O)C(C)C. The van der Waals surface area contributed by atoms with E-state index in [-0.39, 0.29) is 18.5 Å². The largest absolute Gasteiger partial charge is 0.480 e. The highest BCUT2D eigenvalue weighted by Gasteiger charge is 2.26. The lowest BCUT2D eigenvalue weighted by molar-refractivity contribution is -0.145. The first kappa shape index (κ1) is 17.9. The number of amides is 1. The van der Waals surface area contributed by atoms with Crippen LogP contribution in [0, 0.1) is 5.92 Å². The third-order valence-corrected chi connectivity index (χ3v) is 2.74. The fourth-order valence-electron chi connectivity index (χ4n) is 1.72. The van der Waals surface area contributed by atoms with Gasteiger partial charge in [-0.15, -0.1) is 0 Å². The summed E-state index contributed by atoms with van der Waals surface area (Å²) < 4.78 is 0. The zero-order valence-corrected chi connectivity index (χ0v) is 12.4. The Morgan fingerprint density at radius 1 is 1.16 bits per heavy atom. The third kappa shape index (κ3) is 7.12. The Balaban J connectivity index is 4.52. The summed E-state index contributed by atoms with van der Waals surface area (Å²) in [4.78, 5) is 24.7. The number of hydrogen-bond acceptors (Lipinski definition) is 4. The maximum atomic E-state index is 11.8. The topological polar surface area (TPSA) is 89.9 Å². The van der Waals surface area contributed by atoms with Gasteiger partial charge in [0.2, 0.25) is 5.91 Å². The number of aliphatic carboxylic acids is 1. The lowest BCUT2D eigenvalue weighted by atomic mass is 10.1. The minimum atomic E-state index is -1.26. The number of nitrogens with one attached hydrogen (secondary N) is 1. The van der Waals surface area contributed by atoms with Crippen molar-refractivity contribution in [3.63, 3.8) is 0 Å². The molecule has 19 heavy (non-hydrogen) atoms. The van der Waals surface area contributed by atoms with Crippen molar-refractivity contribution in [1.29, 1.82) is 0 Å². The number of carbonyl (C=O) groups excluding carboxylic acids is 1. The van der Waals surface area contributed by atoms with Gasteiger partial charge in [-0.05, 0) is 26.7 Å². The summed E-state index contributed by atoms with van der Waals surface area (Å²) in [7, 11) is 0. The molecule has 0 rings (SSSR count). The number of carbonyl (C=O) groups is 2. The number of rotatable bonds is 8. The van der Waals surface area contributed by atoms with Crippen molar-refractivity contribution in [2.45, 2.75) is 52.8 Å². The molecule has 112 valence electrons. The molecule has 0 saturated carbocycles. The van der Waals surface area contributed by atoms with E-state index in [0.717, 1.165) is 6.54 Å². The van der Waals surface area contributed by atoms with Gasteiger partial charge in [0.25, 0.3) is 0 Å². The zero-order valence-electron chi connectivity index (χ0n) is 12.4. The second-order valence-corrected chi connectivity index (χ2v) is 5.54. The standard InChI is InChI=1S/C13H26N2O4/c1-8(2)6-15(9(3)4)7-11(17)14-12(10(5)16)13(18)19/h8-10,12,16H,6-7H2,1-5H3,(H,14,17)(H,18,19). The summed E-state index contributed by atoms with van der Waals surface area (Å²) in [6, 6.07) is -1.07. The normalized spacial score (nSPS) is 14.8. The number of nitrogens with zero attached hydrogens (tertiary/aromatic N) is 1. The average Bonchev–Trinajstić information content (AvgIpc) is 2.23. The van der Waals surface area contributed by atoms with Crippen LogP contribution in [0.15, 0.2) is 0 Å². The minimum absolute atomic E-state index is 0.131. The van der Waals surface area contributed by atoms with Gasteiger partial charge in [0.05, 0.1) is 12.6 Å². The fraction of sp³-hybridized carbons (Fsp3) is 0.846. The molecule has 0 aromatic rings. The van der Waals surface area contributed by atoms with Gasteiger partial charge in [0.1, 0.15) is 0 Å². The maximum Gasteiger partial charge on any atom is 0.328 e. The van der Waals surface area contributed by atoms with Crippen molar-refractivity contribution in [1.82, 2.24) is 10.2 Å². The molecule has 2 atom stereocenters. The molecule has 0 aromatic carbocycles. The van der Waals surface area contributed by atoms with Crippen LogP contribution in [0.2, 0.25) is 0 Å². The predicted molar refractivity (Wildman–Crippen MR) is 72.8 cm³/mol. The Bertz CT molecular complexity index is 303. The molecule has 1 amide bonds. The Kier molecular flexibility index (Phi) is 7.63. The molecule has 0 saturated heterocycles. The van der Waals surface area contributed by atoms with E-state index >= 15 is 0 Å². The molecule has 0 aliphatic carbocycles. The molecular formula is C13H26N2O4. The Morgan fingerprint density at radius 2 is 1.68 bits per heavy atom. The summed E-state index contributed by atoms with van der Waals surface area (Å²) in [5.74, 6) is -1.20. The average molecular weight is 274 g/mol. The Morgan fingerprint density at radius 3 is 2.00 bits per heavy atom. The van der Waals surface area contributed by atoms with Gasteiger partial charge in [-0.25, -0.2) is 4.79 Å². The lowest BCUT2D eigenvalue weighted by Crippen LogP contribution is -2.51. The van der Waals surface area contributed by atoms with Crippen molar-refractivity contribution in [3.8, 4) is 0 Å². The highest BCUT2D eigenvalue weighted by Crippen LogP contribution is 2.04. The summed E-state index contributed by atoms with van der Waals surface area (Å²) in [6.45, 7) is 10.3. The number of aliphatic hydroxyl groups is 1. The first-order valence-electron chi connectivity index (χ1n) is 6.59. The Hall–Kier alpha value is -1.14. The van der Waals surface area contributed by atoms with Gasteiger partial charge in [-0.3, -0.25) is 9.69 Å². The maximum absolute atomic E-state index is 11.8. The number of carboxylic acid groups (broad SMARTS) is 1. The van der Waals surface area contributed by atoms with E-state index in [1.54, 1.807) is 0 Å². The summed E-state index contributed by atoms with van der Waals surface area (Å²) in [5, 5.41) is 20.5. The molecule has 0 aromatic heterocycles. The third-order valence-electron chi connectivity index (χ3n) is 2.74. The molecular weight excluding hydrogens is 248 g/mol. The van der Waals surface area contributed by atoms with Gasteiger partial charge in [0.15, 0.2) is 6.04 Å². The van der Waals surface area contributed by atoms with E-state index in [1.165, 1.54) is 6.92 Å². The fourth-order valence-corrected chi connectivity index (χ4v) is 1.72. The van der Waals surface area contributed by atoms with Gasteiger partial charge in [-0.2, -0.15) is 0 Å². The van der Waals surface area contributed by atoms with E-state index in [4.69, 9.17) is 5.11 Å². The highest BCUT2D eigenvalue weighted by molar-refractivity contribution is 5.85. The van der Waals surface area contributed by atoms with Gasteiger partial charge < -0.3 is 15.5 Å². The van der Waals surface area contributed by atoms with Crippen LogP contribution in [-0.2, 0) is 9.59 Å². The van der Waals surface area contributed by atoms with Crippen molar-refractivity contribution < 1.29 is 19.8 Å². The van der Waals surface area contributed by atoms with Gasteiger partial charge in [-0.1, -0.05) is 13.8 Å². The molecule has 6 nitrogen and oxygen atoms in total. The van der Waals surface area contributed by atoms with Crippen molar-refractivity contribution in [3.05, 3.63) is 0 Å². The van der Waals surface area contributed by atoms with Crippen LogP contribution in [0.3, 0.4) is 0 Å². The molecule has 0 spiro atoms. The molecule has 0 aliphatic heterocycles. The van der Waals surface area contributed by atoms with E-state index in [1.807, 2.05) is 18.7 Å². The van der Waals surface area contributed by atoms with E-state index in [9.17, 15) is 14.7 Å². The van der Waals surface area contributed by atoms with E-state index < -0.39 is 18.1 Å². The quantitative estimate of drug-likeness (QED) is 0.592. The van der Waals surface area contributed by atoms with Crippen LogP contribution in [0.25, 0.3) is 0 Å². The summed E-state index contributed by atoms with van der Waals surface area (Å²) >= 11 is 0. The van der Waals surface area contributed by atoms with Crippen LogP contribution in [-0.4, -0.2) is 58.3 Å². The number of hydrogen-bond donors (Lipinski definition) is 3. The van der Waals surface area contributed by atoms with Crippen LogP contribution in [0.1, 0.15) is 34.6 Å². The highest BCUT2D eigenvalue weighted by atomic mass is 16.4.